The number of sulfonamides is 1. The third kappa shape index (κ3) is 3.46. The summed E-state index contributed by atoms with van der Waals surface area (Å²) in [6.45, 7) is 1.73. The van der Waals surface area contributed by atoms with Gasteiger partial charge in [-0.05, 0) is 5.92 Å². The number of aromatic nitrogens is 4. The second-order valence-corrected chi connectivity index (χ2v) is 6.52. The van der Waals surface area contributed by atoms with Gasteiger partial charge in [0.05, 0.1) is 12.1 Å². The highest BCUT2D eigenvalue weighted by Gasteiger charge is 2.18. The summed E-state index contributed by atoms with van der Waals surface area (Å²) in [5.74, 6) is -0.146. The van der Waals surface area contributed by atoms with E-state index in [4.69, 9.17) is 23.2 Å². The predicted molar refractivity (Wildman–Crippen MR) is 74.0 cm³/mol. The molecule has 0 radical (unpaired) electrons. The van der Waals surface area contributed by atoms with Gasteiger partial charge in [0.25, 0.3) is 0 Å². The molecule has 2 rings (SSSR count). The highest BCUT2D eigenvalue weighted by atomic mass is 35.5. The van der Waals surface area contributed by atoms with Crippen LogP contribution < -0.4 is 4.72 Å². The summed E-state index contributed by atoms with van der Waals surface area (Å²) in [5, 5.41) is 0.102. The Hall–Kier alpha value is -1.12. The summed E-state index contributed by atoms with van der Waals surface area (Å²) in [5.41, 5.74) is 0.752. The Morgan fingerprint density at radius 1 is 1.47 bits per heavy atom. The van der Waals surface area contributed by atoms with Crippen LogP contribution in [0.25, 0.3) is 11.2 Å². The number of hydrogen-bond donors (Lipinski definition) is 2. The molecule has 10 heteroatoms. The summed E-state index contributed by atoms with van der Waals surface area (Å²) < 4.78 is 25.9. The Morgan fingerprint density at radius 2 is 2.21 bits per heavy atom. The number of rotatable bonds is 5. The molecule has 19 heavy (non-hydrogen) atoms. The number of nitrogens with one attached hydrogen (secondary N) is 2. The van der Waals surface area contributed by atoms with E-state index in [1.54, 1.807) is 6.92 Å². The number of aromatic amines is 1. The molecule has 0 saturated heterocycles. The van der Waals surface area contributed by atoms with Crippen molar-refractivity contribution >= 4 is 50.3 Å². The molecule has 0 aliphatic carbocycles. The SMILES string of the molecule is CC(CCl)CS(=O)(=O)Nc1nc(Cl)c2[nH]cnc2n1. The zero-order chi connectivity index (χ0) is 14.0. The van der Waals surface area contributed by atoms with E-state index in [9.17, 15) is 8.42 Å². The molecule has 2 N–H and O–H groups in total. The van der Waals surface area contributed by atoms with Crippen molar-refractivity contribution in [3.63, 3.8) is 0 Å². The van der Waals surface area contributed by atoms with Gasteiger partial charge in [-0.2, -0.15) is 9.97 Å². The molecule has 0 bridgehead atoms. The van der Waals surface area contributed by atoms with Crippen LogP contribution in [0.1, 0.15) is 6.92 Å². The third-order valence-corrected chi connectivity index (χ3v) is 4.56. The van der Waals surface area contributed by atoms with Crippen molar-refractivity contribution in [1.29, 1.82) is 0 Å². The summed E-state index contributed by atoms with van der Waals surface area (Å²) in [6, 6.07) is 0. The normalized spacial score (nSPS) is 13.6. The number of fused-ring (bicyclic) bond motifs is 1. The molecule has 1 atom stereocenters. The second-order valence-electron chi connectivity index (χ2n) is 4.08. The van der Waals surface area contributed by atoms with Crippen molar-refractivity contribution < 1.29 is 8.42 Å². The number of nitrogens with zero attached hydrogens (tertiary/aromatic N) is 3. The smallest absolute Gasteiger partial charge is 0.240 e. The zero-order valence-electron chi connectivity index (χ0n) is 9.89. The van der Waals surface area contributed by atoms with Gasteiger partial charge in [-0.25, -0.2) is 13.4 Å². The van der Waals surface area contributed by atoms with E-state index in [1.807, 2.05) is 0 Å². The van der Waals surface area contributed by atoms with Crippen molar-refractivity contribution in [2.24, 2.45) is 5.92 Å². The fourth-order valence-electron chi connectivity index (χ4n) is 1.44. The maximum absolute atomic E-state index is 11.8. The minimum absolute atomic E-state index is 0.102. The molecule has 2 heterocycles. The Bertz CT molecular complexity index is 687. The average molecular weight is 324 g/mol. The highest BCUT2D eigenvalue weighted by molar-refractivity contribution is 7.92. The van der Waals surface area contributed by atoms with E-state index in [2.05, 4.69) is 24.7 Å². The van der Waals surface area contributed by atoms with Gasteiger partial charge in [0.2, 0.25) is 16.0 Å². The fraction of sp³-hybridized carbons (Fsp3) is 0.444. The lowest BCUT2D eigenvalue weighted by atomic mass is 10.3. The molecule has 0 aromatic carbocycles. The van der Waals surface area contributed by atoms with Crippen LogP contribution in [0.2, 0.25) is 5.15 Å². The van der Waals surface area contributed by atoms with Gasteiger partial charge >= 0.3 is 0 Å². The minimum Gasteiger partial charge on any atom is -0.341 e. The van der Waals surface area contributed by atoms with Crippen LogP contribution in [0, 0.1) is 5.92 Å². The van der Waals surface area contributed by atoms with Crippen LogP contribution in [0.15, 0.2) is 6.33 Å². The number of hydrogen-bond acceptors (Lipinski definition) is 5. The molecule has 0 saturated carbocycles. The standard InChI is InChI=1S/C9H11Cl2N5O2S/c1-5(2-10)3-19(17,18)16-9-14-7(11)6-8(15-9)13-4-12-6/h4-5H,2-3H2,1H3,(H2,12,13,14,15,16). The molecule has 7 nitrogen and oxygen atoms in total. The Balaban J connectivity index is 2.25. The van der Waals surface area contributed by atoms with E-state index in [-0.39, 0.29) is 28.7 Å². The molecule has 1 unspecified atom stereocenters. The Kier molecular flexibility index (Phi) is 4.12. The monoisotopic (exact) mass is 323 g/mol. The molecule has 2 aromatic rings. The van der Waals surface area contributed by atoms with Gasteiger partial charge in [0.1, 0.15) is 5.52 Å². The summed E-state index contributed by atoms with van der Waals surface area (Å²) in [6.07, 6.45) is 1.40. The van der Waals surface area contributed by atoms with Crippen LogP contribution >= 0.6 is 23.2 Å². The molecular formula is C9H11Cl2N5O2S. The zero-order valence-corrected chi connectivity index (χ0v) is 12.2. The topological polar surface area (TPSA) is 101 Å². The van der Waals surface area contributed by atoms with Crippen LogP contribution in [0.4, 0.5) is 5.95 Å². The molecule has 0 fully saturated rings. The summed E-state index contributed by atoms with van der Waals surface area (Å²) in [7, 11) is -3.57. The Labute approximate surface area is 119 Å². The first-order valence-electron chi connectivity index (χ1n) is 5.34. The van der Waals surface area contributed by atoms with Crippen LogP contribution in [0.5, 0.6) is 0 Å². The number of H-pyrrole nitrogens is 1. The van der Waals surface area contributed by atoms with E-state index in [0.29, 0.717) is 11.2 Å². The molecular weight excluding hydrogens is 313 g/mol. The third-order valence-electron chi connectivity index (χ3n) is 2.26. The number of imidazole rings is 1. The molecule has 0 spiro atoms. The minimum atomic E-state index is -3.57. The first-order valence-corrected chi connectivity index (χ1v) is 7.91. The van der Waals surface area contributed by atoms with E-state index < -0.39 is 10.0 Å². The van der Waals surface area contributed by atoms with Crippen molar-refractivity contribution in [1.82, 2.24) is 19.9 Å². The number of anilines is 1. The molecule has 0 aliphatic heterocycles. The molecule has 2 aromatic heterocycles. The van der Waals surface area contributed by atoms with Gasteiger partial charge in [-0.15, -0.1) is 11.6 Å². The van der Waals surface area contributed by atoms with Crippen LogP contribution in [-0.2, 0) is 10.0 Å². The van der Waals surface area contributed by atoms with Gasteiger partial charge < -0.3 is 4.98 Å². The van der Waals surface area contributed by atoms with Crippen molar-refractivity contribution in [3.8, 4) is 0 Å². The molecule has 0 amide bonds. The quantitative estimate of drug-likeness (QED) is 0.643. The van der Waals surface area contributed by atoms with Crippen molar-refractivity contribution in [2.45, 2.75) is 6.92 Å². The van der Waals surface area contributed by atoms with Gasteiger partial charge in [0.15, 0.2) is 10.8 Å². The van der Waals surface area contributed by atoms with Crippen LogP contribution in [0.3, 0.4) is 0 Å². The van der Waals surface area contributed by atoms with E-state index in [1.165, 1.54) is 6.33 Å². The summed E-state index contributed by atoms with van der Waals surface area (Å²) >= 11 is 11.5. The lowest BCUT2D eigenvalue weighted by Crippen LogP contribution is -2.23. The van der Waals surface area contributed by atoms with Gasteiger partial charge in [-0.3, -0.25) is 4.72 Å². The molecule has 104 valence electrons. The maximum Gasteiger partial charge on any atom is 0.240 e. The predicted octanol–water partition coefficient (Wildman–Crippen LogP) is 1.62. The average Bonchev–Trinajstić information content (AvgIpc) is 2.76. The van der Waals surface area contributed by atoms with E-state index in [0.717, 1.165) is 0 Å². The van der Waals surface area contributed by atoms with Crippen molar-refractivity contribution in [2.75, 3.05) is 16.4 Å². The summed E-state index contributed by atoms with van der Waals surface area (Å²) in [4.78, 5) is 14.5. The van der Waals surface area contributed by atoms with Gasteiger partial charge in [-0.1, -0.05) is 18.5 Å². The van der Waals surface area contributed by atoms with E-state index >= 15 is 0 Å². The fourth-order valence-corrected chi connectivity index (χ4v) is 3.22. The van der Waals surface area contributed by atoms with Gasteiger partial charge in [0, 0.05) is 5.88 Å². The maximum atomic E-state index is 11.8. The van der Waals surface area contributed by atoms with Crippen molar-refractivity contribution in [3.05, 3.63) is 11.5 Å². The highest BCUT2D eigenvalue weighted by Crippen LogP contribution is 2.19. The van der Waals surface area contributed by atoms with Crippen LogP contribution in [-0.4, -0.2) is 40.0 Å². The molecule has 0 aliphatic rings. The lowest BCUT2D eigenvalue weighted by molar-refractivity contribution is 0.588. The number of alkyl halides is 1. The first kappa shape index (κ1) is 14.3. The second kappa shape index (κ2) is 5.48. The Morgan fingerprint density at radius 3 is 2.89 bits per heavy atom. The lowest BCUT2D eigenvalue weighted by Gasteiger charge is -2.09. The first-order chi connectivity index (χ1) is 8.91. The largest absolute Gasteiger partial charge is 0.341 e. The number of halogens is 2.